The molecule has 2 heterocycles. The fourth-order valence-electron chi connectivity index (χ4n) is 1.72. The number of nitrogens with two attached hydrogens (primary N) is 1. The van der Waals surface area contributed by atoms with Crippen LogP contribution in [0.3, 0.4) is 0 Å². The van der Waals surface area contributed by atoms with E-state index in [9.17, 15) is 10.2 Å². The largest absolute Gasteiger partial charge is 0.394 e. The second-order valence-corrected chi connectivity index (χ2v) is 4.00. The minimum absolute atomic E-state index is 0.0430. The van der Waals surface area contributed by atoms with Crippen molar-refractivity contribution in [2.24, 2.45) is 15.7 Å². The fourth-order valence-corrected chi connectivity index (χ4v) is 1.72. The van der Waals surface area contributed by atoms with Crippen LogP contribution in [0.4, 0.5) is 0 Å². The third-order valence-electron chi connectivity index (χ3n) is 2.75. The van der Waals surface area contributed by atoms with E-state index in [0.717, 1.165) is 0 Å². The number of aliphatic hydroxyl groups is 3. The number of ether oxygens (including phenoxy) is 1. The van der Waals surface area contributed by atoms with E-state index in [1.807, 2.05) is 0 Å². The molecule has 0 spiro atoms. The predicted molar refractivity (Wildman–Crippen MR) is 63.7 cm³/mol. The summed E-state index contributed by atoms with van der Waals surface area (Å²) in [5.74, 6) is 0.290. The Labute approximate surface area is 105 Å². The first-order valence-electron chi connectivity index (χ1n) is 5.86. The average molecular weight is 257 g/mol. The molecule has 8 heteroatoms. The quantitative estimate of drug-likeness (QED) is 0.447. The summed E-state index contributed by atoms with van der Waals surface area (Å²) < 4.78 is 13.3. The van der Waals surface area contributed by atoms with Gasteiger partial charge in [-0.25, -0.2) is 4.99 Å². The molecule has 2 aliphatic heterocycles. The number of aliphatic imine (C=N–C) groups is 2. The zero-order chi connectivity index (χ0) is 14.2. The Bertz CT molecular complexity index is 443. The second kappa shape index (κ2) is 5.02. The number of guanidine groups is 1. The van der Waals surface area contributed by atoms with Crippen molar-refractivity contribution in [1.82, 2.24) is 4.90 Å². The summed E-state index contributed by atoms with van der Waals surface area (Å²) in [6.07, 6.45) is -4.30. The van der Waals surface area contributed by atoms with Gasteiger partial charge in [-0.3, -0.25) is 0 Å². The van der Waals surface area contributed by atoms with E-state index in [1.165, 1.54) is 11.2 Å². The SMILES string of the molecule is [2H][C@@]1(CN2C=NC(N)=NC2=C)O[C@H](CO)C(O)[C@@H]1O. The molecular formula is C10H16N4O4. The smallest absolute Gasteiger partial charge is 0.223 e. The van der Waals surface area contributed by atoms with Crippen molar-refractivity contribution in [3.05, 3.63) is 12.4 Å². The molecule has 0 aromatic carbocycles. The van der Waals surface area contributed by atoms with Crippen molar-refractivity contribution >= 4 is 12.3 Å². The summed E-state index contributed by atoms with van der Waals surface area (Å²) in [6.45, 7) is 3.00. The first kappa shape index (κ1) is 11.6. The van der Waals surface area contributed by atoms with E-state index >= 15 is 0 Å². The van der Waals surface area contributed by atoms with Crippen LogP contribution in [0.2, 0.25) is 0 Å². The van der Waals surface area contributed by atoms with Crippen LogP contribution in [0, 0.1) is 0 Å². The lowest BCUT2D eigenvalue weighted by molar-refractivity contribution is -0.0250. The molecular weight excluding hydrogens is 240 g/mol. The number of nitrogens with zero attached hydrogens (tertiary/aromatic N) is 3. The van der Waals surface area contributed by atoms with Crippen molar-refractivity contribution < 1.29 is 21.4 Å². The highest BCUT2D eigenvalue weighted by Crippen LogP contribution is 2.22. The van der Waals surface area contributed by atoms with Crippen LogP contribution in [0.15, 0.2) is 22.4 Å². The molecule has 0 radical (unpaired) electrons. The minimum Gasteiger partial charge on any atom is -0.394 e. The number of hydrogen-bond acceptors (Lipinski definition) is 8. The molecule has 0 aromatic heterocycles. The van der Waals surface area contributed by atoms with Gasteiger partial charge >= 0.3 is 0 Å². The van der Waals surface area contributed by atoms with Gasteiger partial charge < -0.3 is 30.7 Å². The Morgan fingerprint density at radius 1 is 1.56 bits per heavy atom. The molecule has 1 fully saturated rings. The molecule has 100 valence electrons. The molecule has 5 N–H and O–H groups in total. The lowest BCUT2D eigenvalue weighted by atomic mass is 10.1. The maximum atomic E-state index is 9.85. The molecule has 1 saturated heterocycles. The zero-order valence-corrected chi connectivity index (χ0v) is 9.60. The van der Waals surface area contributed by atoms with E-state index in [-0.39, 0.29) is 18.3 Å². The minimum atomic E-state index is -1.82. The molecule has 18 heavy (non-hydrogen) atoms. The van der Waals surface area contributed by atoms with Crippen molar-refractivity contribution in [2.75, 3.05) is 13.2 Å². The van der Waals surface area contributed by atoms with Crippen LogP contribution in [0.25, 0.3) is 0 Å². The normalized spacial score (nSPS) is 40.9. The Morgan fingerprint density at radius 2 is 2.28 bits per heavy atom. The van der Waals surface area contributed by atoms with Crippen LogP contribution in [-0.4, -0.2) is 70.1 Å². The van der Waals surface area contributed by atoms with E-state index in [0.29, 0.717) is 0 Å². The molecule has 2 aliphatic rings. The molecule has 0 saturated carbocycles. The van der Waals surface area contributed by atoms with E-state index in [4.69, 9.17) is 16.9 Å². The maximum Gasteiger partial charge on any atom is 0.223 e. The molecule has 0 bridgehead atoms. The van der Waals surface area contributed by atoms with Gasteiger partial charge in [-0.15, -0.1) is 0 Å². The van der Waals surface area contributed by atoms with Gasteiger partial charge in [0.1, 0.15) is 36.6 Å². The van der Waals surface area contributed by atoms with Gasteiger partial charge in [-0.05, 0) is 0 Å². The van der Waals surface area contributed by atoms with Crippen molar-refractivity contribution in [1.29, 1.82) is 0 Å². The first-order valence-corrected chi connectivity index (χ1v) is 5.36. The second-order valence-electron chi connectivity index (χ2n) is 4.00. The fraction of sp³-hybridized carbons (Fsp3) is 0.600. The van der Waals surface area contributed by atoms with Gasteiger partial charge in [0, 0.05) is 0 Å². The van der Waals surface area contributed by atoms with Crippen molar-refractivity contribution in [3.63, 3.8) is 0 Å². The Morgan fingerprint density at radius 3 is 2.83 bits per heavy atom. The zero-order valence-electron chi connectivity index (χ0n) is 10.6. The molecule has 4 atom stereocenters. The highest BCUT2D eigenvalue weighted by atomic mass is 16.6. The molecule has 0 amide bonds. The Kier molecular flexibility index (Phi) is 3.24. The molecule has 0 aromatic rings. The molecule has 8 nitrogen and oxygen atoms in total. The average Bonchev–Trinajstić information content (AvgIpc) is 2.58. The Hall–Kier alpha value is -1.48. The van der Waals surface area contributed by atoms with Crippen LogP contribution in [-0.2, 0) is 4.74 Å². The van der Waals surface area contributed by atoms with Crippen molar-refractivity contribution in [3.8, 4) is 0 Å². The molecule has 0 aliphatic carbocycles. The third-order valence-corrected chi connectivity index (χ3v) is 2.75. The maximum absolute atomic E-state index is 9.85. The molecule has 2 rings (SSSR count). The van der Waals surface area contributed by atoms with Gasteiger partial charge in [-0.1, -0.05) is 6.58 Å². The summed E-state index contributed by atoms with van der Waals surface area (Å²) >= 11 is 0. The Balaban J connectivity index is 2.11. The topological polar surface area (TPSA) is 124 Å². The number of rotatable bonds is 3. The highest BCUT2D eigenvalue weighted by Gasteiger charge is 2.43. The van der Waals surface area contributed by atoms with E-state index in [1.54, 1.807) is 0 Å². The highest BCUT2D eigenvalue weighted by molar-refractivity contribution is 5.89. The summed E-state index contributed by atoms with van der Waals surface area (Å²) in [7, 11) is 0. The van der Waals surface area contributed by atoms with Gasteiger partial charge in [0.05, 0.1) is 14.5 Å². The van der Waals surface area contributed by atoms with E-state index in [2.05, 4.69) is 16.6 Å². The van der Waals surface area contributed by atoms with Gasteiger partial charge in [0.15, 0.2) is 0 Å². The summed E-state index contributed by atoms with van der Waals surface area (Å²) in [5.41, 5.74) is 5.39. The number of hydrogen-bond donors (Lipinski definition) is 4. The van der Waals surface area contributed by atoms with Gasteiger partial charge in [0.2, 0.25) is 5.96 Å². The lowest BCUT2D eigenvalue weighted by Gasteiger charge is -2.25. The van der Waals surface area contributed by atoms with Crippen LogP contribution in [0.1, 0.15) is 1.37 Å². The number of aliphatic hydroxyl groups excluding tert-OH is 3. The lowest BCUT2D eigenvalue weighted by Crippen LogP contribution is -2.40. The summed E-state index contributed by atoms with van der Waals surface area (Å²) in [4.78, 5) is 8.94. The molecule has 1 unspecified atom stereocenters. The standard InChI is InChI=1S/C10H16N4O4/c1-5-13-10(11)12-4-14(5)2-6-8(16)9(17)7(3-15)18-6/h4,6-9,15-17H,1-3H2,(H2,11,13)/t6-,7+,8+,9?/m0/s1/i6D. The predicted octanol–water partition coefficient (Wildman–Crippen LogP) is -2.40. The van der Waals surface area contributed by atoms with E-state index < -0.39 is 31.0 Å². The van der Waals surface area contributed by atoms with Crippen LogP contribution < -0.4 is 5.73 Å². The van der Waals surface area contributed by atoms with Gasteiger partial charge in [-0.2, -0.15) is 4.99 Å². The van der Waals surface area contributed by atoms with Crippen LogP contribution >= 0.6 is 0 Å². The summed E-state index contributed by atoms with van der Waals surface area (Å²) in [6, 6.07) is 0. The van der Waals surface area contributed by atoms with Gasteiger partial charge in [0.25, 0.3) is 0 Å². The van der Waals surface area contributed by atoms with Crippen LogP contribution in [0.5, 0.6) is 0 Å². The summed E-state index contributed by atoms with van der Waals surface area (Å²) in [5, 5.41) is 28.5. The van der Waals surface area contributed by atoms with Crippen molar-refractivity contribution in [2.45, 2.75) is 24.4 Å². The monoisotopic (exact) mass is 257 g/mol. The third kappa shape index (κ3) is 2.36. The first-order chi connectivity index (χ1) is 8.87.